The number of nitriles is 1. The average molecular weight is 636 g/mol. The minimum absolute atomic E-state index is 0.0134. The summed E-state index contributed by atoms with van der Waals surface area (Å²) in [5, 5.41) is 12.3. The Kier molecular flexibility index (Phi) is 8.31. The molecule has 1 amide bonds. The predicted octanol–water partition coefficient (Wildman–Crippen LogP) is 6.03. The Morgan fingerprint density at radius 1 is 1.10 bits per heavy atom. The fourth-order valence-corrected chi connectivity index (χ4v) is 4.89. The molecular formula is C24H18I2N2O3. The van der Waals surface area contributed by atoms with E-state index in [-0.39, 0.29) is 5.57 Å². The molecule has 0 aromatic heterocycles. The number of benzene rings is 3. The van der Waals surface area contributed by atoms with E-state index in [1.54, 1.807) is 31.4 Å². The molecule has 5 nitrogen and oxygen atoms in total. The van der Waals surface area contributed by atoms with Gasteiger partial charge in [0.15, 0.2) is 0 Å². The molecule has 0 aliphatic carbocycles. The Balaban J connectivity index is 1.70. The third-order valence-electron chi connectivity index (χ3n) is 4.27. The molecule has 0 saturated carbocycles. The van der Waals surface area contributed by atoms with Crippen LogP contribution in [0.2, 0.25) is 0 Å². The van der Waals surface area contributed by atoms with Crippen LogP contribution in [0.4, 0.5) is 5.69 Å². The molecule has 3 rings (SSSR count). The Morgan fingerprint density at radius 2 is 1.81 bits per heavy atom. The highest BCUT2D eigenvalue weighted by Gasteiger charge is 2.13. The Hall–Kier alpha value is -2.58. The predicted molar refractivity (Wildman–Crippen MR) is 138 cm³/mol. The SMILES string of the molecule is COc1c(I)cc(I)cc1/C=C(\C#N)C(=O)Nc1ccc(OCc2ccccc2)cc1. The van der Waals surface area contributed by atoms with Gasteiger partial charge in [-0.25, -0.2) is 0 Å². The molecule has 7 heteroatoms. The summed E-state index contributed by atoms with van der Waals surface area (Å²) in [6.45, 7) is 0.463. The van der Waals surface area contributed by atoms with E-state index in [2.05, 4.69) is 50.5 Å². The molecule has 156 valence electrons. The zero-order valence-corrected chi connectivity index (χ0v) is 20.9. The van der Waals surface area contributed by atoms with Crippen molar-refractivity contribution in [1.29, 1.82) is 5.26 Å². The first-order valence-electron chi connectivity index (χ1n) is 9.23. The van der Waals surface area contributed by atoms with Gasteiger partial charge in [0.2, 0.25) is 0 Å². The van der Waals surface area contributed by atoms with E-state index in [1.807, 2.05) is 48.5 Å². The lowest BCUT2D eigenvalue weighted by atomic mass is 10.1. The molecule has 0 saturated heterocycles. The molecule has 0 spiro atoms. The molecule has 0 aliphatic rings. The van der Waals surface area contributed by atoms with Gasteiger partial charge in [0.05, 0.1) is 10.7 Å². The van der Waals surface area contributed by atoms with E-state index in [1.165, 1.54) is 6.08 Å². The van der Waals surface area contributed by atoms with Crippen LogP contribution < -0.4 is 14.8 Å². The van der Waals surface area contributed by atoms with Crippen molar-refractivity contribution in [2.24, 2.45) is 0 Å². The summed E-state index contributed by atoms with van der Waals surface area (Å²) in [5.74, 6) is 0.828. The zero-order chi connectivity index (χ0) is 22.2. The lowest BCUT2D eigenvalue weighted by Crippen LogP contribution is -2.13. The van der Waals surface area contributed by atoms with Crippen molar-refractivity contribution in [2.45, 2.75) is 6.61 Å². The van der Waals surface area contributed by atoms with E-state index < -0.39 is 5.91 Å². The summed E-state index contributed by atoms with van der Waals surface area (Å²) in [4.78, 5) is 12.6. The molecule has 0 fully saturated rings. The fourth-order valence-electron chi connectivity index (χ4n) is 2.78. The summed E-state index contributed by atoms with van der Waals surface area (Å²) in [5.41, 5.74) is 2.31. The second kappa shape index (κ2) is 11.2. The summed E-state index contributed by atoms with van der Waals surface area (Å²) >= 11 is 4.35. The number of ether oxygens (including phenoxy) is 2. The lowest BCUT2D eigenvalue weighted by Gasteiger charge is -2.10. The van der Waals surface area contributed by atoms with Crippen molar-refractivity contribution in [1.82, 2.24) is 0 Å². The van der Waals surface area contributed by atoms with Crippen molar-refractivity contribution < 1.29 is 14.3 Å². The van der Waals surface area contributed by atoms with Gasteiger partial charge in [-0.3, -0.25) is 4.79 Å². The molecule has 0 radical (unpaired) electrons. The highest BCUT2D eigenvalue weighted by molar-refractivity contribution is 14.1. The van der Waals surface area contributed by atoms with Gasteiger partial charge >= 0.3 is 0 Å². The van der Waals surface area contributed by atoms with Gasteiger partial charge in [-0.15, -0.1) is 0 Å². The van der Waals surface area contributed by atoms with Crippen molar-refractivity contribution in [2.75, 3.05) is 12.4 Å². The average Bonchev–Trinajstić information content (AvgIpc) is 2.77. The number of rotatable bonds is 7. The number of nitrogens with one attached hydrogen (secondary N) is 1. The van der Waals surface area contributed by atoms with E-state index >= 15 is 0 Å². The minimum Gasteiger partial charge on any atom is -0.495 e. The smallest absolute Gasteiger partial charge is 0.266 e. The number of amides is 1. The standard InChI is InChI=1S/C24H18I2N2O3/c1-30-23-17(12-19(25)13-22(23)26)11-18(14-27)24(29)28-20-7-9-21(10-8-20)31-15-16-5-3-2-4-6-16/h2-13H,15H2,1H3,(H,28,29)/b18-11+. The quantitative estimate of drug-likeness (QED) is 0.196. The first kappa shape index (κ1) is 23.1. The van der Waals surface area contributed by atoms with Crippen LogP contribution in [0, 0.1) is 18.5 Å². The van der Waals surface area contributed by atoms with Gasteiger partial charge in [0.1, 0.15) is 29.7 Å². The van der Waals surface area contributed by atoms with E-state index in [4.69, 9.17) is 9.47 Å². The summed E-state index contributed by atoms with van der Waals surface area (Å²) in [6.07, 6.45) is 1.54. The third-order valence-corrected chi connectivity index (χ3v) is 5.69. The molecule has 0 aliphatic heterocycles. The molecular weight excluding hydrogens is 618 g/mol. The molecule has 0 heterocycles. The van der Waals surface area contributed by atoms with Crippen molar-refractivity contribution >= 4 is 62.9 Å². The van der Waals surface area contributed by atoms with Crippen molar-refractivity contribution in [3.63, 3.8) is 0 Å². The van der Waals surface area contributed by atoms with E-state index in [0.717, 1.165) is 12.7 Å². The van der Waals surface area contributed by atoms with E-state index in [0.29, 0.717) is 29.4 Å². The Morgan fingerprint density at radius 3 is 2.45 bits per heavy atom. The van der Waals surface area contributed by atoms with Crippen LogP contribution in [0.3, 0.4) is 0 Å². The molecule has 1 N–H and O–H groups in total. The van der Waals surface area contributed by atoms with E-state index in [9.17, 15) is 10.1 Å². The van der Waals surface area contributed by atoms with Gasteiger partial charge < -0.3 is 14.8 Å². The van der Waals surface area contributed by atoms with Gasteiger partial charge in [-0.2, -0.15) is 5.26 Å². The van der Waals surface area contributed by atoms with Crippen LogP contribution in [0.15, 0.2) is 72.3 Å². The van der Waals surface area contributed by atoms with Crippen LogP contribution in [0.1, 0.15) is 11.1 Å². The maximum absolute atomic E-state index is 12.6. The summed E-state index contributed by atoms with van der Waals surface area (Å²) < 4.78 is 13.1. The van der Waals surface area contributed by atoms with Gasteiger partial charge in [-0.1, -0.05) is 30.3 Å². The molecule has 3 aromatic carbocycles. The van der Waals surface area contributed by atoms with Gasteiger partial charge in [-0.05, 0) is 93.2 Å². The number of hydrogen-bond donors (Lipinski definition) is 1. The number of carbonyl (C=O) groups is 1. The maximum Gasteiger partial charge on any atom is 0.266 e. The monoisotopic (exact) mass is 636 g/mol. The molecule has 31 heavy (non-hydrogen) atoms. The third kappa shape index (κ3) is 6.45. The maximum atomic E-state index is 12.6. The number of halogens is 2. The molecule has 0 atom stereocenters. The summed E-state index contributed by atoms with van der Waals surface area (Å²) in [6, 6.07) is 22.7. The lowest BCUT2D eigenvalue weighted by molar-refractivity contribution is -0.112. The molecule has 0 bridgehead atoms. The second-order valence-corrected chi connectivity index (χ2v) is 8.84. The highest BCUT2D eigenvalue weighted by atomic mass is 127. The number of hydrogen-bond acceptors (Lipinski definition) is 4. The first-order chi connectivity index (χ1) is 15.0. The van der Waals surface area contributed by atoms with Crippen LogP contribution >= 0.6 is 45.2 Å². The number of nitrogens with zero attached hydrogens (tertiary/aromatic N) is 1. The van der Waals surface area contributed by atoms with Crippen LogP contribution in [-0.4, -0.2) is 13.0 Å². The zero-order valence-electron chi connectivity index (χ0n) is 16.6. The second-order valence-electron chi connectivity index (χ2n) is 6.43. The largest absolute Gasteiger partial charge is 0.495 e. The summed E-state index contributed by atoms with van der Waals surface area (Å²) in [7, 11) is 1.56. The minimum atomic E-state index is -0.489. The Labute approximate surface area is 208 Å². The van der Waals surface area contributed by atoms with Gasteiger partial charge in [0, 0.05) is 14.8 Å². The fraction of sp³-hybridized carbons (Fsp3) is 0.0833. The Bertz CT molecular complexity index is 1140. The normalized spacial score (nSPS) is 10.8. The molecule has 0 unspecified atom stereocenters. The number of carbonyl (C=O) groups excluding carboxylic acids is 1. The number of anilines is 1. The topological polar surface area (TPSA) is 71.3 Å². The van der Waals surface area contributed by atoms with Crippen LogP contribution in [0.25, 0.3) is 6.08 Å². The first-order valence-corrected chi connectivity index (χ1v) is 11.4. The van der Waals surface area contributed by atoms with Crippen molar-refractivity contribution in [3.05, 3.63) is 90.6 Å². The molecule has 3 aromatic rings. The van der Waals surface area contributed by atoms with Crippen LogP contribution in [-0.2, 0) is 11.4 Å². The van der Waals surface area contributed by atoms with Crippen molar-refractivity contribution in [3.8, 4) is 17.6 Å². The number of methoxy groups -OCH3 is 1. The van der Waals surface area contributed by atoms with Crippen LogP contribution in [0.5, 0.6) is 11.5 Å². The highest BCUT2D eigenvalue weighted by Crippen LogP contribution is 2.30. The van der Waals surface area contributed by atoms with Gasteiger partial charge in [0.25, 0.3) is 5.91 Å².